The van der Waals surface area contributed by atoms with E-state index >= 15 is 0 Å². The minimum Gasteiger partial charge on any atom is -0.379 e. The molecule has 0 unspecified atom stereocenters. The van der Waals surface area contributed by atoms with Gasteiger partial charge in [0.2, 0.25) is 10.0 Å². The zero-order chi connectivity index (χ0) is 22.2. The minimum atomic E-state index is -5.00. The van der Waals surface area contributed by atoms with Crippen LogP contribution in [0.4, 0.5) is 23.2 Å². The van der Waals surface area contributed by atoms with Gasteiger partial charge >= 0.3 is 6.18 Å². The summed E-state index contributed by atoms with van der Waals surface area (Å²) < 4.78 is 110. The fourth-order valence-corrected chi connectivity index (χ4v) is 5.20. The number of anilines is 1. The molecule has 0 bridgehead atoms. The number of nitrogens with zero attached hydrogens (tertiary/aromatic N) is 1. The second-order valence-electron chi connectivity index (χ2n) is 6.29. The lowest BCUT2D eigenvalue weighted by atomic mass is 10.2. The largest absolute Gasteiger partial charge is 0.419 e. The Bertz CT molecular complexity index is 1130. The number of sulfonamides is 2. The van der Waals surface area contributed by atoms with E-state index in [0.29, 0.717) is 12.1 Å². The first-order valence-electron chi connectivity index (χ1n) is 8.49. The van der Waals surface area contributed by atoms with E-state index in [9.17, 15) is 34.4 Å². The third kappa shape index (κ3) is 4.74. The molecule has 1 fully saturated rings. The zero-order valence-electron chi connectivity index (χ0n) is 15.2. The van der Waals surface area contributed by atoms with E-state index in [1.807, 2.05) is 4.72 Å². The molecule has 30 heavy (non-hydrogen) atoms. The van der Waals surface area contributed by atoms with Crippen molar-refractivity contribution in [2.45, 2.75) is 16.0 Å². The number of alkyl halides is 3. The fourth-order valence-electron chi connectivity index (χ4n) is 2.75. The third-order valence-corrected chi connectivity index (χ3v) is 7.58. The van der Waals surface area contributed by atoms with Gasteiger partial charge in [-0.25, -0.2) is 21.2 Å². The Morgan fingerprint density at radius 2 is 1.47 bits per heavy atom. The molecular formula is C17H16F4N2O5S2. The molecule has 2 aromatic rings. The van der Waals surface area contributed by atoms with Crippen LogP contribution in [0.2, 0.25) is 0 Å². The molecular weight excluding hydrogens is 452 g/mol. The highest BCUT2D eigenvalue weighted by Crippen LogP contribution is 2.33. The van der Waals surface area contributed by atoms with E-state index in [-0.39, 0.29) is 36.1 Å². The summed E-state index contributed by atoms with van der Waals surface area (Å²) in [5.41, 5.74) is -2.11. The lowest BCUT2D eigenvalue weighted by molar-refractivity contribution is -0.139. The quantitative estimate of drug-likeness (QED) is 0.682. The summed E-state index contributed by atoms with van der Waals surface area (Å²) in [5, 5.41) is 0. The zero-order valence-corrected chi connectivity index (χ0v) is 16.8. The van der Waals surface area contributed by atoms with Gasteiger partial charge < -0.3 is 4.74 Å². The molecule has 1 N–H and O–H groups in total. The van der Waals surface area contributed by atoms with Crippen molar-refractivity contribution in [3.8, 4) is 0 Å². The molecule has 3 rings (SSSR count). The summed E-state index contributed by atoms with van der Waals surface area (Å²) >= 11 is 0. The van der Waals surface area contributed by atoms with Crippen LogP contribution in [0.25, 0.3) is 0 Å². The number of hydrogen-bond acceptors (Lipinski definition) is 5. The lowest BCUT2D eigenvalue weighted by Crippen LogP contribution is -2.40. The second-order valence-corrected chi connectivity index (χ2v) is 9.91. The average molecular weight is 468 g/mol. The predicted molar refractivity (Wildman–Crippen MR) is 98.2 cm³/mol. The number of halogens is 4. The molecule has 1 aliphatic rings. The molecule has 7 nitrogen and oxygen atoms in total. The summed E-state index contributed by atoms with van der Waals surface area (Å²) in [6, 6.07) is 5.90. The summed E-state index contributed by atoms with van der Waals surface area (Å²) in [6.45, 7) is 0.812. The topological polar surface area (TPSA) is 92.8 Å². The second kappa shape index (κ2) is 8.13. The highest BCUT2D eigenvalue weighted by molar-refractivity contribution is 7.92. The van der Waals surface area contributed by atoms with Crippen molar-refractivity contribution < 1.29 is 39.1 Å². The van der Waals surface area contributed by atoms with Crippen molar-refractivity contribution >= 4 is 25.7 Å². The molecule has 0 aliphatic carbocycles. The van der Waals surface area contributed by atoms with E-state index in [2.05, 4.69) is 0 Å². The summed E-state index contributed by atoms with van der Waals surface area (Å²) in [5.74, 6) is -1.54. The molecule has 1 saturated heterocycles. The maximum absolute atomic E-state index is 13.4. The Kier molecular flexibility index (Phi) is 6.09. The summed E-state index contributed by atoms with van der Waals surface area (Å²) in [7, 11) is -8.18. The molecule has 0 atom stereocenters. The van der Waals surface area contributed by atoms with Gasteiger partial charge in [-0.1, -0.05) is 0 Å². The first-order valence-corrected chi connectivity index (χ1v) is 11.4. The number of ether oxygens (including phenoxy) is 1. The molecule has 0 saturated carbocycles. The van der Waals surface area contributed by atoms with Gasteiger partial charge in [0, 0.05) is 18.8 Å². The Morgan fingerprint density at radius 1 is 0.900 bits per heavy atom. The molecule has 0 spiro atoms. The highest BCUT2D eigenvalue weighted by atomic mass is 32.2. The van der Waals surface area contributed by atoms with Gasteiger partial charge in [0.1, 0.15) is 5.82 Å². The highest BCUT2D eigenvalue weighted by Gasteiger charge is 2.34. The van der Waals surface area contributed by atoms with Gasteiger partial charge in [-0.15, -0.1) is 0 Å². The van der Waals surface area contributed by atoms with Gasteiger partial charge in [0.05, 0.1) is 28.6 Å². The van der Waals surface area contributed by atoms with Crippen LogP contribution in [0, 0.1) is 5.82 Å². The number of nitrogens with one attached hydrogen (secondary N) is 1. The molecule has 2 aromatic carbocycles. The summed E-state index contributed by atoms with van der Waals surface area (Å²) in [6.07, 6.45) is -5.00. The first kappa shape index (κ1) is 22.5. The Balaban J connectivity index is 1.84. The van der Waals surface area contributed by atoms with E-state index < -0.39 is 43.3 Å². The van der Waals surface area contributed by atoms with E-state index in [0.717, 1.165) is 30.3 Å². The molecule has 13 heteroatoms. The lowest BCUT2D eigenvalue weighted by Gasteiger charge is -2.26. The van der Waals surface area contributed by atoms with Gasteiger partial charge in [-0.05, 0) is 42.5 Å². The number of hydrogen-bond donors (Lipinski definition) is 1. The van der Waals surface area contributed by atoms with Gasteiger partial charge in [0.15, 0.2) is 0 Å². The normalized spacial score (nSPS) is 16.4. The smallest absolute Gasteiger partial charge is 0.379 e. The molecule has 0 amide bonds. The molecule has 1 heterocycles. The van der Waals surface area contributed by atoms with Crippen molar-refractivity contribution in [3.63, 3.8) is 0 Å². The van der Waals surface area contributed by atoms with Crippen LogP contribution in [0.1, 0.15) is 5.56 Å². The van der Waals surface area contributed by atoms with Crippen molar-refractivity contribution in [2.24, 2.45) is 0 Å². The number of rotatable bonds is 5. The monoisotopic (exact) mass is 468 g/mol. The fraction of sp³-hybridized carbons (Fsp3) is 0.294. The Morgan fingerprint density at radius 3 is 2.03 bits per heavy atom. The van der Waals surface area contributed by atoms with Gasteiger partial charge in [-0.2, -0.15) is 17.5 Å². The van der Waals surface area contributed by atoms with E-state index in [4.69, 9.17) is 4.74 Å². The Hall–Kier alpha value is -2.22. The van der Waals surface area contributed by atoms with Crippen LogP contribution < -0.4 is 4.72 Å². The minimum absolute atomic E-state index is 0.135. The van der Waals surface area contributed by atoms with Gasteiger partial charge in [0.25, 0.3) is 10.0 Å². The number of benzene rings is 2. The van der Waals surface area contributed by atoms with Crippen LogP contribution in [0.15, 0.2) is 52.3 Å². The van der Waals surface area contributed by atoms with Crippen LogP contribution in [-0.4, -0.2) is 47.4 Å². The van der Waals surface area contributed by atoms with E-state index in [1.165, 1.54) is 4.31 Å². The third-order valence-electron chi connectivity index (χ3n) is 4.27. The van der Waals surface area contributed by atoms with Gasteiger partial charge in [-0.3, -0.25) is 4.72 Å². The maximum atomic E-state index is 13.4. The van der Waals surface area contributed by atoms with Crippen LogP contribution in [0.5, 0.6) is 0 Å². The number of morpholine rings is 1. The molecule has 0 aromatic heterocycles. The predicted octanol–water partition coefficient (Wildman–Crippen LogP) is 2.67. The molecule has 1 aliphatic heterocycles. The molecule has 164 valence electrons. The van der Waals surface area contributed by atoms with Crippen LogP contribution >= 0.6 is 0 Å². The van der Waals surface area contributed by atoms with Crippen molar-refractivity contribution in [1.82, 2.24) is 4.31 Å². The van der Waals surface area contributed by atoms with Crippen molar-refractivity contribution in [1.29, 1.82) is 0 Å². The van der Waals surface area contributed by atoms with Crippen LogP contribution in [-0.2, 0) is 31.0 Å². The molecule has 0 radical (unpaired) electrons. The van der Waals surface area contributed by atoms with Crippen molar-refractivity contribution in [2.75, 3.05) is 31.0 Å². The maximum Gasteiger partial charge on any atom is 0.419 e. The first-order chi connectivity index (χ1) is 13.9. The van der Waals surface area contributed by atoms with Crippen LogP contribution in [0.3, 0.4) is 0 Å². The Labute approximate surface area is 170 Å². The van der Waals surface area contributed by atoms with E-state index in [1.54, 1.807) is 0 Å². The van der Waals surface area contributed by atoms with Crippen molar-refractivity contribution in [3.05, 3.63) is 53.8 Å². The SMILES string of the molecule is O=S(=O)(Nc1ccc(F)c(C(F)(F)F)c1)c1ccc(S(=O)(=O)N2CCOCC2)cc1. The summed E-state index contributed by atoms with van der Waals surface area (Å²) in [4.78, 5) is -0.509. The standard InChI is InChI=1S/C17H16F4N2O5S2/c18-16-6-1-12(11-15(16)17(19,20)21)22-29(24,25)13-2-4-14(5-3-13)30(26,27)23-7-9-28-10-8-23/h1-6,11,22H,7-10H2. The average Bonchev–Trinajstić information content (AvgIpc) is 2.69.